The molecule has 7 nitrogen and oxygen atoms in total. The van der Waals surface area contributed by atoms with Gasteiger partial charge in [-0.15, -0.1) is 0 Å². The number of rotatable bonds is 5. The van der Waals surface area contributed by atoms with Crippen molar-refractivity contribution in [3.05, 3.63) is 87.6 Å². The number of pyridine rings is 1. The van der Waals surface area contributed by atoms with Crippen LogP contribution in [0.3, 0.4) is 0 Å². The molecule has 3 N–H and O–H groups in total. The molecule has 0 spiro atoms. The lowest BCUT2D eigenvalue weighted by atomic mass is 10.1. The summed E-state index contributed by atoms with van der Waals surface area (Å²) in [7, 11) is 0. The number of carbonyl (C=O) groups is 1. The van der Waals surface area contributed by atoms with Gasteiger partial charge in [0.15, 0.2) is 0 Å². The molecule has 0 saturated heterocycles. The van der Waals surface area contributed by atoms with E-state index in [0.717, 1.165) is 12.0 Å². The van der Waals surface area contributed by atoms with E-state index in [1.807, 2.05) is 24.3 Å². The standard InChI is InChI=1S/C22H19FN4O3/c1-2-13-3-5-14(6-4-13)11-24-21(29)18-19(28)17-12-25-27(20(17)26-22(18)30)16-9-7-15(23)8-10-16/h3-10,12H,2,11H2,1H3,(H,24,29)(H2,26,28,30). The molecule has 0 radical (unpaired) electrons. The molecule has 0 aliphatic heterocycles. The lowest BCUT2D eigenvalue weighted by Gasteiger charge is -2.08. The highest BCUT2D eigenvalue weighted by Crippen LogP contribution is 2.26. The molecule has 0 aliphatic rings. The van der Waals surface area contributed by atoms with Crippen LogP contribution in [-0.2, 0) is 13.0 Å². The van der Waals surface area contributed by atoms with Gasteiger partial charge >= 0.3 is 0 Å². The van der Waals surface area contributed by atoms with Gasteiger partial charge in [-0.3, -0.25) is 9.59 Å². The smallest absolute Gasteiger partial charge is 0.266 e. The number of aryl methyl sites for hydroxylation is 1. The Morgan fingerprint density at radius 3 is 2.47 bits per heavy atom. The Bertz CT molecular complexity index is 1270. The quantitative estimate of drug-likeness (QED) is 0.474. The second kappa shape index (κ2) is 7.82. The van der Waals surface area contributed by atoms with Crippen LogP contribution >= 0.6 is 0 Å². The highest BCUT2D eigenvalue weighted by molar-refractivity contribution is 6.01. The summed E-state index contributed by atoms with van der Waals surface area (Å²) in [6.45, 7) is 2.27. The van der Waals surface area contributed by atoms with Gasteiger partial charge in [0.25, 0.3) is 11.5 Å². The van der Waals surface area contributed by atoms with Crippen molar-refractivity contribution >= 4 is 16.9 Å². The Balaban J connectivity index is 1.63. The number of fused-ring (bicyclic) bond motifs is 1. The molecule has 2 heterocycles. The van der Waals surface area contributed by atoms with Crippen LogP contribution in [0.1, 0.15) is 28.4 Å². The van der Waals surface area contributed by atoms with Crippen molar-refractivity contribution in [1.82, 2.24) is 20.1 Å². The largest absolute Gasteiger partial charge is 0.506 e. The molecule has 0 atom stereocenters. The maximum Gasteiger partial charge on any atom is 0.266 e. The number of aromatic amines is 1. The number of halogens is 1. The molecule has 30 heavy (non-hydrogen) atoms. The molecule has 4 aromatic rings. The SMILES string of the molecule is CCc1ccc(CNC(=O)c2c(O)c3cnn(-c4ccc(F)cc4)c3[nH]c2=O)cc1. The van der Waals surface area contributed by atoms with Crippen molar-refractivity contribution in [2.45, 2.75) is 19.9 Å². The molecule has 0 aliphatic carbocycles. The zero-order chi connectivity index (χ0) is 21.3. The van der Waals surface area contributed by atoms with Gasteiger partial charge in [-0.25, -0.2) is 9.07 Å². The van der Waals surface area contributed by atoms with Gasteiger partial charge in [0, 0.05) is 6.54 Å². The minimum absolute atomic E-state index is 0.204. The molecule has 2 aromatic carbocycles. The highest BCUT2D eigenvalue weighted by Gasteiger charge is 2.21. The minimum atomic E-state index is -0.748. The number of H-pyrrole nitrogens is 1. The summed E-state index contributed by atoms with van der Waals surface area (Å²) in [6, 6.07) is 13.2. The minimum Gasteiger partial charge on any atom is -0.506 e. The lowest BCUT2D eigenvalue weighted by molar-refractivity contribution is 0.0947. The van der Waals surface area contributed by atoms with Crippen LogP contribution in [0.2, 0.25) is 0 Å². The molecule has 0 bridgehead atoms. The fourth-order valence-electron chi connectivity index (χ4n) is 3.21. The van der Waals surface area contributed by atoms with Crippen molar-refractivity contribution < 1.29 is 14.3 Å². The molecular formula is C22H19FN4O3. The van der Waals surface area contributed by atoms with E-state index in [4.69, 9.17) is 0 Å². The van der Waals surface area contributed by atoms with Gasteiger partial charge in [-0.1, -0.05) is 31.2 Å². The van der Waals surface area contributed by atoms with E-state index in [0.29, 0.717) is 5.69 Å². The predicted octanol–water partition coefficient (Wildman–Crippen LogP) is 3.05. The van der Waals surface area contributed by atoms with Crippen molar-refractivity contribution in [2.75, 3.05) is 0 Å². The summed E-state index contributed by atoms with van der Waals surface area (Å²) in [6.07, 6.45) is 2.26. The van der Waals surface area contributed by atoms with Crippen LogP contribution in [-0.4, -0.2) is 25.8 Å². The molecule has 1 amide bonds. The monoisotopic (exact) mass is 406 g/mol. The van der Waals surface area contributed by atoms with Crippen molar-refractivity contribution in [1.29, 1.82) is 0 Å². The molecule has 2 aromatic heterocycles. The third-order valence-electron chi connectivity index (χ3n) is 4.90. The summed E-state index contributed by atoms with van der Waals surface area (Å²) in [5, 5.41) is 17.6. The molecule has 0 unspecified atom stereocenters. The van der Waals surface area contributed by atoms with E-state index in [9.17, 15) is 19.1 Å². The van der Waals surface area contributed by atoms with Crippen LogP contribution in [0, 0.1) is 5.82 Å². The van der Waals surface area contributed by atoms with E-state index < -0.39 is 23.0 Å². The number of benzene rings is 2. The van der Waals surface area contributed by atoms with Gasteiger partial charge in [0.2, 0.25) is 0 Å². The molecule has 0 saturated carbocycles. The first kappa shape index (κ1) is 19.4. The number of aromatic hydroxyl groups is 1. The Morgan fingerprint density at radius 2 is 1.80 bits per heavy atom. The number of hydrogen-bond donors (Lipinski definition) is 3. The molecule has 4 rings (SSSR count). The van der Waals surface area contributed by atoms with E-state index in [1.165, 1.54) is 40.7 Å². The van der Waals surface area contributed by atoms with Gasteiger partial charge in [0.1, 0.15) is 22.8 Å². The number of carbonyl (C=O) groups excluding carboxylic acids is 1. The van der Waals surface area contributed by atoms with Crippen LogP contribution in [0.5, 0.6) is 5.75 Å². The zero-order valence-electron chi connectivity index (χ0n) is 16.1. The molecule has 152 valence electrons. The third kappa shape index (κ3) is 3.55. The summed E-state index contributed by atoms with van der Waals surface area (Å²) in [4.78, 5) is 27.7. The van der Waals surface area contributed by atoms with Crippen molar-refractivity contribution in [2.24, 2.45) is 0 Å². The van der Waals surface area contributed by atoms with Gasteiger partial charge < -0.3 is 15.4 Å². The van der Waals surface area contributed by atoms with E-state index >= 15 is 0 Å². The lowest BCUT2D eigenvalue weighted by Crippen LogP contribution is -2.29. The van der Waals surface area contributed by atoms with E-state index in [2.05, 4.69) is 22.3 Å². The average Bonchev–Trinajstić information content (AvgIpc) is 3.17. The molecular weight excluding hydrogens is 387 g/mol. The Kier molecular flexibility index (Phi) is 5.05. The van der Waals surface area contributed by atoms with Gasteiger partial charge in [-0.2, -0.15) is 5.10 Å². The first-order chi connectivity index (χ1) is 14.5. The van der Waals surface area contributed by atoms with E-state index in [-0.39, 0.29) is 23.1 Å². The van der Waals surface area contributed by atoms with Crippen LogP contribution in [0.15, 0.2) is 59.5 Å². The van der Waals surface area contributed by atoms with Crippen LogP contribution in [0.25, 0.3) is 16.7 Å². The van der Waals surface area contributed by atoms with Gasteiger partial charge in [0.05, 0.1) is 17.3 Å². The van der Waals surface area contributed by atoms with Crippen LogP contribution in [0.4, 0.5) is 4.39 Å². The second-order valence-corrected chi connectivity index (χ2v) is 6.83. The summed E-state index contributed by atoms with van der Waals surface area (Å²) >= 11 is 0. The summed E-state index contributed by atoms with van der Waals surface area (Å²) in [5.41, 5.74) is 1.63. The predicted molar refractivity (Wildman–Crippen MR) is 110 cm³/mol. The van der Waals surface area contributed by atoms with E-state index in [1.54, 1.807) is 0 Å². The fourth-order valence-corrected chi connectivity index (χ4v) is 3.21. The highest BCUT2D eigenvalue weighted by atomic mass is 19.1. The third-order valence-corrected chi connectivity index (χ3v) is 4.90. The average molecular weight is 406 g/mol. The summed E-state index contributed by atoms with van der Waals surface area (Å²) in [5.74, 6) is -1.56. The number of hydrogen-bond acceptors (Lipinski definition) is 4. The first-order valence-electron chi connectivity index (χ1n) is 9.43. The number of aromatic nitrogens is 3. The number of amides is 1. The normalized spacial score (nSPS) is 11.0. The maximum atomic E-state index is 13.2. The topological polar surface area (TPSA) is 100 Å². The van der Waals surface area contributed by atoms with Crippen molar-refractivity contribution in [3.63, 3.8) is 0 Å². The van der Waals surface area contributed by atoms with Crippen molar-refractivity contribution in [3.8, 4) is 11.4 Å². The molecule has 0 fully saturated rings. The Hall–Kier alpha value is -3.94. The Morgan fingerprint density at radius 1 is 1.13 bits per heavy atom. The molecule has 8 heteroatoms. The Labute approximate surface area is 170 Å². The second-order valence-electron chi connectivity index (χ2n) is 6.83. The summed E-state index contributed by atoms with van der Waals surface area (Å²) < 4.78 is 14.5. The fraction of sp³-hybridized carbons (Fsp3) is 0.136. The maximum absolute atomic E-state index is 13.2. The van der Waals surface area contributed by atoms with Gasteiger partial charge in [-0.05, 0) is 41.8 Å². The number of nitrogens with one attached hydrogen (secondary N) is 2. The van der Waals surface area contributed by atoms with Crippen LogP contribution < -0.4 is 10.9 Å². The zero-order valence-corrected chi connectivity index (χ0v) is 16.1. The first-order valence-corrected chi connectivity index (χ1v) is 9.43. The number of nitrogens with zero attached hydrogens (tertiary/aromatic N) is 2.